The SMILES string of the molecule is CN=S(C)(=O)C(F)(F)F. The predicted molar refractivity (Wildman–Crippen MR) is 28.5 cm³/mol. The van der Waals surface area contributed by atoms with Gasteiger partial charge in [-0.25, -0.2) is 8.57 Å². The van der Waals surface area contributed by atoms with Crippen molar-refractivity contribution in [2.24, 2.45) is 4.36 Å². The van der Waals surface area contributed by atoms with Gasteiger partial charge < -0.3 is 0 Å². The largest absolute Gasteiger partial charge is 0.478 e. The minimum absolute atomic E-state index is 0.562. The molecule has 0 radical (unpaired) electrons. The van der Waals surface area contributed by atoms with Crippen molar-refractivity contribution >= 4 is 9.73 Å². The summed E-state index contributed by atoms with van der Waals surface area (Å²) in [4.78, 5) is 0. The van der Waals surface area contributed by atoms with Gasteiger partial charge in [-0.15, -0.1) is 0 Å². The summed E-state index contributed by atoms with van der Waals surface area (Å²) in [5.74, 6) is 0. The molecule has 0 aromatic heterocycles. The summed E-state index contributed by atoms with van der Waals surface area (Å²) < 4.78 is 47.4. The highest BCUT2D eigenvalue weighted by Crippen LogP contribution is 2.23. The number of hydrogen-bond acceptors (Lipinski definition) is 2. The third-order valence-corrected chi connectivity index (χ3v) is 2.33. The zero-order valence-corrected chi connectivity index (χ0v) is 5.71. The Morgan fingerprint density at radius 3 is 1.78 bits per heavy atom. The quantitative estimate of drug-likeness (QED) is 0.525. The van der Waals surface area contributed by atoms with Gasteiger partial charge in [0.2, 0.25) is 0 Å². The average molecular weight is 161 g/mol. The van der Waals surface area contributed by atoms with Crippen molar-refractivity contribution in [1.82, 2.24) is 0 Å². The highest BCUT2D eigenvalue weighted by Gasteiger charge is 2.38. The van der Waals surface area contributed by atoms with Crippen molar-refractivity contribution in [2.75, 3.05) is 13.3 Å². The van der Waals surface area contributed by atoms with Crippen LogP contribution in [0.4, 0.5) is 13.2 Å². The highest BCUT2D eigenvalue weighted by atomic mass is 32.2. The van der Waals surface area contributed by atoms with Gasteiger partial charge in [-0.1, -0.05) is 0 Å². The third-order valence-electron chi connectivity index (χ3n) is 0.778. The molecule has 0 aliphatic rings. The minimum atomic E-state index is -4.69. The summed E-state index contributed by atoms with van der Waals surface area (Å²) >= 11 is 0. The number of nitrogens with zero attached hydrogens (tertiary/aromatic N) is 1. The third kappa shape index (κ3) is 1.85. The zero-order chi connectivity index (χ0) is 7.71. The molecule has 0 spiro atoms. The number of rotatable bonds is 0. The summed E-state index contributed by atoms with van der Waals surface area (Å²) in [6, 6.07) is 0. The van der Waals surface area contributed by atoms with Gasteiger partial charge in [-0.3, -0.25) is 0 Å². The second-order valence-electron chi connectivity index (χ2n) is 1.43. The molecule has 0 saturated carbocycles. The smallest absolute Gasteiger partial charge is 0.241 e. The molecule has 0 aromatic carbocycles. The molecule has 2 nitrogen and oxygen atoms in total. The fraction of sp³-hybridized carbons (Fsp3) is 1.00. The van der Waals surface area contributed by atoms with E-state index in [0.717, 1.165) is 7.05 Å². The molecule has 1 atom stereocenters. The lowest BCUT2D eigenvalue weighted by Crippen LogP contribution is -2.20. The summed E-state index contributed by atoms with van der Waals surface area (Å²) in [6.07, 6.45) is 0.562. The molecule has 0 amide bonds. The first-order valence-electron chi connectivity index (χ1n) is 1.98. The topological polar surface area (TPSA) is 29.4 Å². The Labute approximate surface area is 51.2 Å². The van der Waals surface area contributed by atoms with Crippen molar-refractivity contribution in [3.05, 3.63) is 0 Å². The summed E-state index contributed by atoms with van der Waals surface area (Å²) in [5, 5.41) is 0. The lowest BCUT2D eigenvalue weighted by Gasteiger charge is -2.05. The van der Waals surface area contributed by atoms with Gasteiger partial charge >= 0.3 is 5.51 Å². The van der Waals surface area contributed by atoms with E-state index in [1.165, 1.54) is 0 Å². The van der Waals surface area contributed by atoms with Crippen molar-refractivity contribution in [2.45, 2.75) is 5.51 Å². The van der Waals surface area contributed by atoms with Crippen LogP contribution in [0.15, 0.2) is 4.36 Å². The molecule has 9 heavy (non-hydrogen) atoms. The molecule has 0 N–H and O–H groups in total. The molecule has 6 heteroatoms. The second-order valence-corrected chi connectivity index (χ2v) is 3.86. The Balaban J connectivity index is 4.80. The highest BCUT2D eigenvalue weighted by molar-refractivity contribution is 7.93. The van der Waals surface area contributed by atoms with E-state index < -0.39 is 15.2 Å². The summed E-state index contributed by atoms with van der Waals surface area (Å²) in [5.41, 5.74) is -4.69. The maximum absolute atomic E-state index is 11.5. The Kier molecular flexibility index (Phi) is 2.10. The van der Waals surface area contributed by atoms with Crippen LogP contribution in [0.1, 0.15) is 0 Å². The van der Waals surface area contributed by atoms with Gasteiger partial charge in [0, 0.05) is 13.3 Å². The maximum atomic E-state index is 11.5. The first kappa shape index (κ1) is 8.74. The Hall–Kier alpha value is -0.260. The monoisotopic (exact) mass is 161 g/mol. The number of hydrogen-bond donors (Lipinski definition) is 0. The average Bonchev–Trinajstić information content (AvgIpc) is 1.64. The Morgan fingerprint density at radius 1 is 1.44 bits per heavy atom. The van der Waals surface area contributed by atoms with Crippen molar-refractivity contribution < 1.29 is 17.4 Å². The summed E-state index contributed by atoms with van der Waals surface area (Å²) in [6.45, 7) is 0. The van der Waals surface area contributed by atoms with Crippen molar-refractivity contribution in [3.8, 4) is 0 Å². The first-order chi connectivity index (χ1) is 3.81. The molecule has 1 unspecified atom stereocenters. The van der Waals surface area contributed by atoms with Crippen molar-refractivity contribution in [1.29, 1.82) is 0 Å². The molecule has 0 aliphatic heterocycles. The Morgan fingerprint density at radius 2 is 1.78 bits per heavy atom. The molecule has 0 rings (SSSR count). The van der Waals surface area contributed by atoms with Crippen LogP contribution in [0.2, 0.25) is 0 Å². The second kappa shape index (κ2) is 2.17. The van der Waals surface area contributed by atoms with Crippen molar-refractivity contribution in [3.63, 3.8) is 0 Å². The number of halogens is 3. The summed E-state index contributed by atoms with van der Waals surface area (Å²) in [7, 11) is -3.08. The molecular formula is C3H6F3NOS. The van der Waals surface area contributed by atoms with Crippen LogP contribution in [-0.4, -0.2) is 23.0 Å². The fourth-order valence-electron chi connectivity index (χ4n) is 0.104. The van der Waals surface area contributed by atoms with E-state index in [-0.39, 0.29) is 0 Å². The predicted octanol–water partition coefficient (Wildman–Crippen LogP) is 1.23. The maximum Gasteiger partial charge on any atom is 0.478 e. The first-order valence-corrected chi connectivity index (χ1v) is 3.90. The molecule has 0 saturated heterocycles. The van der Waals surface area contributed by atoms with Crippen LogP contribution >= 0.6 is 0 Å². The van der Waals surface area contributed by atoms with E-state index >= 15 is 0 Å². The zero-order valence-electron chi connectivity index (χ0n) is 4.90. The molecular weight excluding hydrogens is 155 g/mol. The van der Waals surface area contributed by atoms with Crippen LogP contribution in [0.5, 0.6) is 0 Å². The van der Waals surface area contributed by atoms with Crippen LogP contribution in [0.25, 0.3) is 0 Å². The molecule has 0 aromatic rings. The molecule has 0 aliphatic carbocycles. The van der Waals surface area contributed by atoms with Crippen LogP contribution in [0.3, 0.4) is 0 Å². The van der Waals surface area contributed by atoms with E-state index in [2.05, 4.69) is 4.36 Å². The van der Waals surface area contributed by atoms with E-state index in [1.54, 1.807) is 0 Å². The lowest BCUT2D eigenvalue weighted by molar-refractivity contribution is -0.0397. The number of alkyl halides is 3. The fourth-order valence-corrected chi connectivity index (χ4v) is 0.311. The molecule has 0 heterocycles. The minimum Gasteiger partial charge on any atom is -0.241 e. The normalized spacial score (nSPS) is 18.8. The van der Waals surface area contributed by atoms with E-state index in [9.17, 15) is 17.4 Å². The van der Waals surface area contributed by atoms with E-state index in [4.69, 9.17) is 0 Å². The standard InChI is InChI=1S/C3H6F3NOS/c1-7-9(2,8)3(4,5)6/h1-2H3. The van der Waals surface area contributed by atoms with Gasteiger partial charge in [0.15, 0.2) is 0 Å². The van der Waals surface area contributed by atoms with Gasteiger partial charge in [0.25, 0.3) is 0 Å². The van der Waals surface area contributed by atoms with Gasteiger partial charge in [0.1, 0.15) is 9.73 Å². The molecule has 56 valence electrons. The van der Waals surface area contributed by atoms with Gasteiger partial charge in [-0.05, 0) is 0 Å². The Bertz CT molecular complexity index is 200. The van der Waals surface area contributed by atoms with Crippen LogP contribution < -0.4 is 0 Å². The van der Waals surface area contributed by atoms with Crippen LogP contribution in [-0.2, 0) is 9.73 Å². The van der Waals surface area contributed by atoms with Gasteiger partial charge in [0.05, 0.1) is 0 Å². The molecule has 0 fully saturated rings. The van der Waals surface area contributed by atoms with Crippen LogP contribution in [0, 0.1) is 0 Å². The van der Waals surface area contributed by atoms with Gasteiger partial charge in [-0.2, -0.15) is 13.2 Å². The van der Waals surface area contributed by atoms with E-state index in [1.807, 2.05) is 0 Å². The lowest BCUT2D eigenvalue weighted by atomic mass is 11.5. The molecule has 0 bridgehead atoms. The van der Waals surface area contributed by atoms with E-state index in [0.29, 0.717) is 6.26 Å².